The third-order valence-electron chi connectivity index (χ3n) is 6.17. The van der Waals surface area contributed by atoms with Gasteiger partial charge in [-0.1, -0.05) is 30.2 Å². The molecule has 2 aliphatic rings. The van der Waals surface area contributed by atoms with E-state index in [1.807, 2.05) is 30.3 Å². The number of nitrogens with zero attached hydrogens (tertiary/aromatic N) is 3. The molecular formula is C25H26N4O. The number of phenolic OH excluding ortho intramolecular Hbond substituents is 1. The first-order chi connectivity index (χ1) is 14.7. The number of piperidine rings is 1. The zero-order valence-electron chi connectivity index (χ0n) is 17.0. The Labute approximate surface area is 177 Å². The minimum atomic E-state index is 0.119. The Morgan fingerprint density at radius 1 is 1.10 bits per heavy atom. The van der Waals surface area contributed by atoms with Crippen LogP contribution in [-0.2, 0) is 0 Å². The predicted octanol–water partition coefficient (Wildman–Crippen LogP) is 4.27. The first-order valence-corrected chi connectivity index (χ1v) is 10.8. The average molecular weight is 399 g/mol. The van der Waals surface area contributed by atoms with Crippen molar-refractivity contribution in [3.63, 3.8) is 0 Å². The number of benzene rings is 2. The molecule has 2 fully saturated rings. The number of likely N-dealkylation sites (tertiary alicyclic amines) is 1. The van der Waals surface area contributed by atoms with Crippen LogP contribution < -0.4 is 5.32 Å². The van der Waals surface area contributed by atoms with Gasteiger partial charge in [-0.2, -0.15) is 0 Å². The van der Waals surface area contributed by atoms with Crippen molar-refractivity contribution in [2.75, 3.05) is 25.0 Å². The quantitative estimate of drug-likeness (QED) is 0.629. The summed E-state index contributed by atoms with van der Waals surface area (Å²) in [4.78, 5) is 2.59. The summed E-state index contributed by atoms with van der Waals surface area (Å²) in [6.07, 6.45) is 10.6. The second kappa shape index (κ2) is 7.97. The lowest BCUT2D eigenvalue weighted by atomic mass is 10.0. The van der Waals surface area contributed by atoms with Crippen molar-refractivity contribution in [3.8, 4) is 29.4 Å². The summed E-state index contributed by atoms with van der Waals surface area (Å²) in [5, 5.41) is 25.1. The molecule has 2 N–H and O–H groups in total. The number of aromatic nitrogens is 2. The van der Waals surface area contributed by atoms with Crippen LogP contribution in [0.15, 0.2) is 42.5 Å². The van der Waals surface area contributed by atoms with E-state index >= 15 is 0 Å². The first-order valence-electron chi connectivity index (χ1n) is 10.8. The Kier molecular flexibility index (Phi) is 5.02. The normalized spacial score (nSPS) is 19.5. The molecule has 2 aromatic carbocycles. The maximum absolute atomic E-state index is 10.5. The standard InChI is InChI=1S/C25H26N4O/c1-2-17-11-12-22(23(30)14-17)24-20-7-3-4-8-21(20)25(28-27-24)26-19-6-5-13-29(16-19)15-18-9-10-18/h1,3-4,7-8,11-12,14,18-19,30H,5-6,9-10,13,15-16H2,(H,26,28)/t19-/m1/s1. The number of anilines is 1. The third-order valence-corrected chi connectivity index (χ3v) is 6.17. The fraction of sp³-hybridized carbons (Fsp3) is 0.360. The summed E-state index contributed by atoms with van der Waals surface area (Å²) >= 11 is 0. The van der Waals surface area contributed by atoms with Gasteiger partial charge in [-0.15, -0.1) is 16.6 Å². The van der Waals surface area contributed by atoms with Gasteiger partial charge in [0.2, 0.25) is 0 Å². The molecule has 0 amide bonds. The van der Waals surface area contributed by atoms with Crippen LogP contribution in [0.4, 0.5) is 5.82 Å². The highest BCUT2D eigenvalue weighted by Gasteiger charge is 2.28. The largest absolute Gasteiger partial charge is 0.507 e. The number of rotatable bonds is 5. The second-order valence-electron chi connectivity index (χ2n) is 8.51. The number of terminal acetylenes is 1. The molecular weight excluding hydrogens is 372 g/mol. The number of hydrogen-bond acceptors (Lipinski definition) is 5. The smallest absolute Gasteiger partial charge is 0.156 e. The molecule has 2 heterocycles. The van der Waals surface area contributed by atoms with E-state index in [0.29, 0.717) is 22.9 Å². The first kappa shape index (κ1) is 18.9. The molecule has 5 nitrogen and oxygen atoms in total. The van der Waals surface area contributed by atoms with Gasteiger partial charge in [-0.3, -0.25) is 0 Å². The Balaban J connectivity index is 1.45. The van der Waals surface area contributed by atoms with Crippen LogP contribution in [0.25, 0.3) is 22.0 Å². The van der Waals surface area contributed by atoms with E-state index in [1.165, 1.54) is 32.4 Å². The minimum absolute atomic E-state index is 0.119. The van der Waals surface area contributed by atoms with Crippen LogP contribution >= 0.6 is 0 Å². The van der Waals surface area contributed by atoms with E-state index in [0.717, 1.165) is 35.5 Å². The fourth-order valence-corrected chi connectivity index (χ4v) is 4.43. The highest BCUT2D eigenvalue weighted by Crippen LogP contribution is 2.35. The van der Waals surface area contributed by atoms with Crippen molar-refractivity contribution in [1.82, 2.24) is 15.1 Å². The molecule has 3 aromatic rings. The van der Waals surface area contributed by atoms with Gasteiger partial charge in [-0.05, 0) is 56.3 Å². The van der Waals surface area contributed by atoms with Crippen LogP contribution in [0.2, 0.25) is 0 Å². The van der Waals surface area contributed by atoms with Crippen molar-refractivity contribution in [3.05, 3.63) is 48.0 Å². The highest BCUT2D eigenvalue weighted by atomic mass is 16.3. The number of phenols is 1. The summed E-state index contributed by atoms with van der Waals surface area (Å²) < 4.78 is 0. The summed E-state index contributed by atoms with van der Waals surface area (Å²) in [6.45, 7) is 3.49. The fourth-order valence-electron chi connectivity index (χ4n) is 4.43. The van der Waals surface area contributed by atoms with E-state index < -0.39 is 0 Å². The Bertz CT molecular complexity index is 1120. The lowest BCUT2D eigenvalue weighted by Gasteiger charge is -2.33. The monoisotopic (exact) mass is 398 g/mol. The summed E-state index contributed by atoms with van der Waals surface area (Å²) in [7, 11) is 0. The average Bonchev–Trinajstić information content (AvgIpc) is 3.58. The Morgan fingerprint density at radius 3 is 2.70 bits per heavy atom. The van der Waals surface area contributed by atoms with Gasteiger partial charge in [-0.25, -0.2) is 0 Å². The molecule has 1 atom stereocenters. The molecule has 0 bridgehead atoms. The zero-order chi connectivity index (χ0) is 20.5. The molecule has 1 aliphatic heterocycles. The molecule has 152 valence electrons. The molecule has 0 radical (unpaired) electrons. The van der Waals surface area contributed by atoms with Gasteiger partial charge in [0.15, 0.2) is 5.82 Å². The van der Waals surface area contributed by atoms with Gasteiger partial charge in [0.1, 0.15) is 11.4 Å². The van der Waals surface area contributed by atoms with Crippen LogP contribution in [0.5, 0.6) is 5.75 Å². The highest BCUT2D eigenvalue weighted by molar-refractivity contribution is 6.00. The lowest BCUT2D eigenvalue weighted by Crippen LogP contribution is -2.43. The topological polar surface area (TPSA) is 61.3 Å². The van der Waals surface area contributed by atoms with Gasteiger partial charge in [0, 0.05) is 41.0 Å². The van der Waals surface area contributed by atoms with Gasteiger partial charge < -0.3 is 15.3 Å². The SMILES string of the molecule is C#Cc1ccc(-c2nnc(N[C@@H]3CCCN(CC4CC4)C3)c3ccccc23)c(O)c1. The molecule has 1 aliphatic carbocycles. The van der Waals surface area contributed by atoms with Gasteiger partial charge >= 0.3 is 0 Å². The van der Waals surface area contributed by atoms with Crippen LogP contribution in [0.3, 0.4) is 0 Å². The maximum Gasteiger partial charge on any atom is 0.156 e. The summed E-state index contributed by atoms with van der Waals surface area (Å²) in [5.41, 5.74) is 1.94. The number of hydrogen-bond donors (Lipinski definition) is 2. The van der Waals surface area contributed by atoms with Crippen LogP contribution in [0, 0.1) is 18.3 Å². The Hall–Kier alpha value is -3.10. The Morgan fingerprint density at radius 2 is 1.93 bits per heavy atom. The van der Waals surface area contributed by atoms with Crippen molar-refractivity contribution in [2.45, 2.75) is 31.7 Å². The van der Waals surface area contributed by atoms with E-state index in [4.69, 9.17) is 6.42 Å². The zero-order valence-corrected chi connectivity index (χ0v) is 17.0. The van der Waals surface area contributed by atoms with E-state index in [1.54, 1.807) is 6.07 Å². The second-order valence-corrected chi connectivity index (χ2v) is 8.51. The molecule has 1 aromatic heterocycles. The molecule has 5 rings (SSSR count). The lowest BCUT2D eigenvalue weighted by molar-refractivity contribution is 0.208. The summed E-state index contributed by atoms with van der Waals surface area (Å²) in [5.74, 6) is 4.39. The molecule has 0 spiro atoms. The maximum atomic E-state index is 10.5. The van der Waals surface area contributed by atoms with Crippen molar-refractivity contribution >= 4 is 16.6 Å². The molecule has 5 heteroatoms. The number of aromatic hydroxyl groups is 1. The molecule has 1 saturated carbocycles. The number of nitrogens with one attached hydrogen (secondary N) is 1. The van der Waals surface area contributed by atoms with Crippen LogP contribution in [0.1, 0.15) is 31.2 Å². The minimum Gasteiger partial charge on any atom is -0.507 e. The third kappa shape index (κ3) is 3.83. The van der Waals surface area contributed by atoms with E-state index in [-0.39, 0.29) is 5.75 Å². The van der Waals surface area contributed by atoms with Crippen LogP contribution in [-0.4, -0.2) is 45.9 Å². The number of fused-ring (bicyclic) bond motifs is 1. The summed E-state index contributed by atoms with van der Waals surface area (Å²) in [6, 6.07) is 13.7. The van der Waals surface area contributed by atoms with E-state index in [2.05, 4.69) is 32.4 Å². The predicted molar refractivity (Wildman–Crippen MR) is 120 cm³/mol. The molecule has 1 saturated heterocycles. The van der Waals surface area contributed by atoms with E-state index in [9.17, 15) is 5.11 Å². The van der Waals surface area contributed by atoms with Gasteiger partial charge in [0.25, 0.3) is 0 Å². The van der Waals surface area contributed by atoms with Crippen molar-refractivity contribution in [2.24, 2.45) is 5.92 Å². The van der Waals surface area contributed by atoms with Gasteiger partial charge in [0.05, 0.1) is 0 Å². The van der Waals surface area contributed by atoms with Crippen molar-refractivity contribution < 1.29 is 5.11 Å². The van der Waals surface area contributed by atoms with Crippen molar-refractivity contribution in [1.29, 1.82) is 0 Å². The molecule has 30 heavy (non-hydrogen) atoms. The molecule has 0 unspecified atom stereocenters.